The zero-order chi connectivity index (χ0) is 21.1. The van der Waals surface area contributed by atoms with Gasteiger partial charge in [0.1, 0.15) is 16.8 Å². The molecule has 156 valence electrons. The van der Waals surface area contributed by atoms with Gasteiger partial charge in [-0.25, -0.2) is 12.8 Å². The van der Waals surface area contributed by atoms with Crippen LogP contribution in [0.3, 0.4) is 0 Å². The van der Waals surface area contributed by atoms with Gasteiger partial charge in [0.05, 0.1) is 0 Å². The maximum Gasteiger partial charge on any atom is 0.244 e. The standard InChI is InChI=1S/C22H27FN2O3S/c1-16(2)20(25-29(27,28)19-12-7-6-11-18(19)23)21(26)24-15-22(13-8-14-22)17-9-4-3-5-10-17/h3-7,9-12,16,20,25H,8,13-15H2,1-2H3,(H,24,26)/t20-/m0/s1. The molecule has 1 amide bonds. The molecule has 0 aliphatic heterocycles. The van der Waals surface area contributed by atoms with Gasteiger partial charge < -0.3 is 5.32 Å². The predicted octanol–water partition coefficient (Wildman–Crippen LogP) is 3.37. The summed E-state index contributed by atoms with van der Waals surface area (Å²) < 4.78 is 41.6. The molecule has 0 spiro atoms. The minimum absolute atomic E-state index is 0.108. The van der Waals surface area contributed by atoms with Gasteiger partial charge in [0.15, 0.2) is 0 Å². The molecule has 2 aromatic carbocycles. The van der Waals surface area contributed by atoms with Crippen LogP contribution in [0.1, 0.15) is 38.7 Å². The van der Waals surface area contributed by atoms with E-state index in [1.54, 1.807) is 13.8 Å². The Morgan fingerprint density at radius 3 is 2.24 bits per heavy atom. The first kappa shape index (κ1) is 21.5. The van der Waals surface area contributed by atoms with E-state index in [1.807, 2.05) is 18.2 Å². The number of carbonyl (C=O) groups excluding carboxylic acids is 1. The van der Waals surface area contributed by atoms with E-state index in [0.29, 0.717) is 6.54 Å². The monoisotopic (exact) mass is 418 g/mol. The second-order valence-electron chi connectivity index (χ2n) is 7.99. The normalized spacial score (nSPS) is 16.8. The molecule has 7 heteroatoms. The summed E-state index contributed by atoms with van der Waals surface area (Å²) in [7, 11) is -4.16. The van der Waals surface area contributed by atoms with E-state index in [4.69, 9.17) is 0 Å². The fourth-order valence-corrected chi connectivity index (χ4v) is 5.14. The van der Waals surface area contributed by atoms with Crippen molar-refractivity contribution in [1.82, 2.24) is 10.0 Å². The van der Waals surface area contributed by atoms with Gasteiger partial charge in [-0.2, -0.15) is 4.72 Å². The van der Waals surface area contributed by atoms with Crippen LogP contribution in [-0.2, 0) is 20.2 Å². The van der Waals surface area contributed by atoms with E-state index in [0.717, 1.165) is 25.3 Å². The van der Waals surface area contributed by atoms with Crippen molar-refractivity contribution in [1.29, 1.82) is 0 Å². The van der Waals surface area contributed by atoms with Crippen molar-refractivity contribution >= 4 is 15.9 Å². The van der Waals surface area contributed by atoms with Gasteiger partial charge in [-0.3, -0.25) is 4.79 Å². The maximum absolute atomic E-state index is 14.0. The Morgan fingerprint density at radius 2 is 1.69 bits per heavy atom. The molecule has 29 heavy (non-hydrogen) atoms. The Kier molecular flexibility index (Phi) is 6.39. The maximum atomic E-state index is 14.0. The number of sulfonamides is 1. The smallest absolute Gasteiger partial charge is 0.244 e. The Morgan fingerprint density at radius 1 is 1.07 bits per heavy atom. The van der Waals surface area contributed by atoms with Gasteiger partial charge >= 0.3 is 0 Å². The van der Waals surface area contributed by atoms with E-state index in [2.05, 4.69) is 22.2 Å². The Labute approximate surface area is 171 Å². The summed E-state index contributed by atoms with van der Waals surface area (Å²) in [5.41, 5.74) is 1.07. The fourth-order valence-electron chi connectivity index (χ4n) is 3.71. The van der Waals surface area contributed by atoms with Crippen molar-refractivity contribution in [2.24, 2.45) is 5.92 Å². The quantitative estimate of drug-likeness (QED) is 0.690. The second-order valence-corrected chi connectivity index (χ2v) is 9.67. The lowest BCUT2D eigenvalue weighted by atomic mass is 9.64. The molecule has 0 bridgehead atoms. The van der Waals surface area contributed by atoms with Gasteiger partial charge in [0, 0.05) is 12.0 Å². The van der Waals surface area contributed by atoms with Crippen LogP contribution in [0.25, 0.3) is 0 Å². The number of benzene rings is 2. The first-order valence-corrected chi connectivity index (χ1v) is 11.3. The molecule has 2 N–H and O–H groups in total. The van der Waals surface area contributed by atoms with Crippen molar-refractivity contribution in [2.45, 2.75) is 49.5 Å². The third-order valence-corrected chi connectivity index (χ3v) is 7.13. The van der Waals surface area contributed by atoms with Crippen LogP contribution in [0.15, 0.2) is 59.5 Å². The summed E-state index contributed by atoms with van der Waals surface area (Å²) in [5.74, 6) is -1.55. The molecular weight excluding hydrogens is 391 g/mol. The topological polar surface area (TPSA) is 75.3 Å². The van der Waals surface area contributed by atoms with Gasteiger partial charge in [-0.15, -0.1) is 0 Å². The van der Waals surface area contributed by atoms with Crippen LogP contribution in [0.5, 0.6) is 0 Å². The summed E-state index contributed by atoms with van der Waals surface area (Å²) in [6.07, 6.45) is 3.05. The molecule has 1 aliphatic carbocycles. The highest BCUT2D eigenvalue weighted by molar-refractivity contribution is 7.89. The van der Waals surface area contributed by atoms with Gasteiger partial charge in [0.2, 0.25) is 15.9 Å². The van der Waals surface area contributed by atoms with E-state index in [-0.39, 0.29) is 11.3 Å². The van der Waals surface area contributed by atoms with Crippen LogP contribution in [0.4, 0.5) is 4.39 Å². The summed E-state index contributed by atoms with van der Waals surface area (Å²) in [6.45, 7) is 3.95. The second kappa shape index (κ2) is 8.63. The zero-order valence-corrected chi connectivity index (χ0v) is 17.5. The first-order valence-electron chi connectivity index (χ1n) is 9.85. The zero-order valence-electron chi connectivity index (χ0n) is 16.7. The van der Waals surface area contributed by atoms with E-state index < -0.39 is 32.7 Å². The molecule has 5 nitrogen and oxygen atoms in total. The van der Waals surface area contributed by atoms with Crippen LogP contribution in [-0.4, -0.2) is 26.9 Å². The molecule has 1 aliphatic rings. The lowest BCUT2D eigenvalue weighted by Crippen LogP contribution is -2.53. The fraction of sp³-hybridized carbons (Fsp3) is 0.409. The molecule has 0 aromatic heterocycles. The third kappa shape index (κ3) is 4.67. The van der Waals surface area contributed by atoms with Crippen LogP contribution in [0.2, 0.25) is 0 Å². The molecule has 0 radical (unpaired) electrons. The van der Waals surface area contributed by atoms with Crippen molar-refractivity contribution < 1.29 is 17.6 Å². The molecule has 0 unspecified atom stereocenters. The molecular formula is C22H27FN2O3S. The molecule has 1 atom stereocenters. The van der Waals surface area contributed by atoms with Crippen LogP contribution >= 0.6 is 0 Å². The number of rotatable bonds is 8. The number of nitrogens with one attached hydrogen (secondary N) is 2. The number of halogens is 1. The average Bonchev–Trinajstić information content (AvgIpc) is 2.66. The van der Waals surface area contributed by atoms with Crippen LogP contribution < -0.4 is 10.0 Å². The molecule has 1 saturated carbocycles. The third-order valence-electron chi connectivity index (χ3n) is 5.66. The van der Waals surface area contributed by atoms with Crippen molar-refractivity contribution in [2.75, 3.05) is 6.54 Å². The highest BCUT2D eigenvalue weighted by Gasteiger charge is 2.39. The summed E-state index contributed by atoms with van der Waals surface area (Å²) in [4.78, 5) is 12.4. The summed E-state index contributed by atoms with van der Waals surface area (Å²) in [5, 5.41) is 2.93. The van der Waals surface area contributed by atoms with Crippen LogP contribution in [0, 0.1) is 11.7 Å². The minimum Gasteiger partial charge on any atom is -0.354 e. The summed E-state index contributed by atoms with van der Waals surface area (Å²) >= 11 is 0. The van der Waals surface area contributed by atoms with E-state index in [1.165, 1.54) is 23.8 Å². The van der Waals surface area contributed by atoms with Gasteiger partial charge in [-0.05, 0) is 36.5 Å². The lowest BCUT2D eigenvalue weighted by Gasteiger charge is -2.43. The van der Waals surface area contributed by atoms with Crippen molar-refractivity contribution in [3.8, 4) is 0 Å². The number of hydrogen-bond acceptors (Lipinski definition) is 3. The number of carbonyl (C=O) groups is 1. The Hall–Kier alpha value is -2.25. The van der Waals surface area contributed by atoms with Gasteiger partial charge in [-0.1, -0.05) is 62.7 Å². The number of hydrogen-bond donors (Lipinski definition) is 2. The minimum atomic E-state index is -4.16. The van der Waals surface area contributed by atoms with Gasteiger partial charge in [0.25, 0.3) is 0 Å². The highest BCUT2D eigenvalue weighted by Crippen LogP contribution is 2.43. The Bertz CT molecular complexity index is 957. The van der Waals surface area contributed by atoms with Crippen molar-refractivity contribution in [3.05, 3.63) is 66.0 Å². The molecule has 1 fully saturated rings. The van der Waals surface area contributed by atoms with E-state index >= 15 is 0 Å². The summed E-state index contributed by atoms with van der Waals surface area (Å²) in [6, 6.07) is 14.2. The number of amides is 1. The molecule has 0 heterocycles. The SMILES string of the molecule is CC(C)[C@H](NS(=O)(=O)c1ccccc1F)C(=O)NCC1(c2ccccc2)CCC1. The van der Waals surface area contributed by atoms with Crippen molar-refractivity contribution in [3.63, 3.8) is 0 Å². The largest absolute Gasteiger partial charge is 0.354 e. The predicted molar refractivity (Wildman–Crippen MR) is 110 cm³/mol. The highest BCUT2D eigenvalue weighted by atomic mass is 32.2. The average molecular weight is 419 g/mol. The molecule has 2 aromatic rings. The lowest BCUT2D eigenvalue weighted by molar-refractivity contribution is -0.124. The first-order chi connectivity index (χ1) is 13.8. The Balaban J connectivity index is 1.73. The van der Waals surface area contributed by atoms with E-state index in [9.17, 15) is 17.6 Å². The molecule has 3 rings (SSSR count). The molecule has 0 saturated heterocycles.